The Bertz CT molecular complexity index is 1290. The zero-order chi connectivity index (χ0) is 21.7. The van der Waals surface area contributed by atoms with E-state index in [0.717, 1.165) is 45.5 Å². The molecular formula is C24H22ClN3O3. The number of ether oxygens (including phenoxy) is 1. The number of aryl methyl sites for hydroxylation is 1. The lowest BCUT2D eigenvalue weighted by molar-refractivity contribution is -0.135. The van der Waals surface area contributed by atoms with Crippen LogP contribution in [0.1, 0.15) is 49.6 Å². The number of fused-ring (bicyclic) bond motifs is 3. The summed E-state index contributed by atoms with van der Waals surface area (Å²) in [7, 11) is 0. The van der Waals surface area contributed by atoms with E-state index in [1.807, 2.05) is 44.2 Å². The van der Waals surface area contributed by atoms with Crippen LogP contribution in [-0.2, 0) is 17.6 Å². The quantitative estimate of drug-likeness (QED) is 0.433. The van der Waals surface area contributed by atoms with E-state index < -0.39 is 0 Å². The molecule has 158 valence electrons. The molecule has 1 aromatic heterocycles. The summed E-state index contributed by atoms with van der Waals surface area (Å²) in [4.78, 5) is 12.2. The average molecular weight is 436 g/mol. The average Bonchev–Trinajstić information content (AvgIpc) is 3.02. The highest BCUT2D eigenvalue weighted by Crippen LogP contribution is 2.37. The summed E-state index contributed by atoms with van der Waals surface area (Å²) >= 11 is 6.24. The van der Waals surface area contributed by atoms with Gasteiger partial charge in [0.15, 0.2) is 11.5 Å². The Labute approximate surface area is 184 Å². The van der Waals surface area contributed by atoms with Gasteiger partial charge in [-0.05, 0) is 55.7 Å². The third-order valence-electron chi connectivity index (χ3n) is 5.78. The highest BCUT2D eigenvalue weighted by Gasteiger charge is 2.30. The Morgan fingerprint density at radius 2 is 2.03 bits per heavy atom. The minimum Gasteiger partial charge on any atom is -0.454 e. The van der Waals surface area contributed by atoms with Crippen molar-refractivity contribution in [3.8, 4) is 5.75 Å². The first-order valence-corrected chi connectivity index (χ1v) is 10.8. The van der Waals surface area contributed by atoms with Crippen LogP contribution in [0.2, 0.25) is 5.02 Å². The monoisotopic (exact) mass is 435 g/mol. The summed E-state index contributed by atoms with van der Waals surface area (Å²) in [5.41, 5.74) is 6.03. The number of nitrogens with one attached hydrogen (secondary N) is 1. The largest absolute Gasteiger partial charge is 0.454 e. The van der Waals surface area contributed by atoms with Gasteiger partial charge in [0.25, 0.3) is 0 Å². The maximum absolute atomic E-state index is 12.2. The third kappa shape index (κ3) is 3.31. The lowest BCUT2D eigenvalue weighted by Gasteiger charge is -2.26. The Balaban J connectivity index is 1.72. The summed E-state index contributed by atoms with van der Waals surface area (Å²) in [6, 6.07) is 9.16. The number of esters is 1. The molecule has 3 heterocycles. The Morgan fingerprint density at radius 1 is 1.19 bits per heavy atom. The molecule has 0 amide bonds. The van der Waals surface area contributed by atoms with Crippen LogP contribution in [-0.4, -0.2) is 23.4 Å². The second-order valence-electron chi connectivity index (χ2n) is 7.90. The molecule has 0 fully saturated rings. The fourth-order valence-corrected chi connectivity index (χ4v) is 4.38. The lowest BCUT2D eigenvalue weighted by Crippen LogP contribution is -2.36. The number of anilines is 1. The molecule has 1 N–H and O–H groups in total. The van der Waals surface area contributed by atoms with E-state index in [-0.39, 0.29) is 12.0 Å². The van der Waals surface area contributed by atoms with Gasteiger partial charge >= 0.3 is 5.97 Å². The van der Waals surface area contributed by atoms with Gasteiger partial charge in [0.1, 0.15) is 17.3 Å². The number of hydrogen-bond acceptors (Lipinski definition) is 6. The van der Waals surface area contributed by atoms with Gasteiger partial charge in [0.2, 0.25) is 0 Å². The predicted octanol–water partition coefficient (Wildman–Crippen LogP) is 5.53. The van der Waals surface area contributed by atoms with Gasteiger partial charge in [0, 0.05) is 33.7 Å². The van der Waals surface area contributed by atoms with Crippen molar-refractivity contribution in [2.24, 2.45) is 10.2 Å². The van der Waals surface area contributed by atoms with E-state index in [2.05, 4.69) is 22.4 Å². The maximum atomic E-state index is 12.2. The Hall–Kier alpha value is -3.12. The van der Waals surface area contributed by atoms with Gasteiger partial charge in [-0.25, -0.2) is 4.79 Å². The molecule has 0 radical (unpaired) electrons. The van der Waals surface area contributed by atoms with Crippen molar-refractivity contribution in [1.82, 2.24) is 0 Å². The van der Waals surface area contributed by atoms with Crippen molar-refractivity contribution >= 4 is 45.7 Å². The lowest BCUT2D eigenvalue weighted by atomic mass is 9.94. The Kier molecular flexibility index (Phi) is 4.82. The fourth-order valence-electron chi connectivity index (χ4n) is 4.21. The number of halogens is 1. The molecule has 3 aromatic rings. The standard InChI is InChI=1S/C24H22ClN3O3/c1-4-15-17-10-14(25)6-7-20(17)30-23(15)22-16-11-19-21(31-24(29)18(5-2)26-19)9-13(16)8-12(3)27-28-22/h6-7,9-11,18,26H,4-5,8H2,1-3H3. The molecule has 7 heteroatoms. The summed E-state index contributed by atoms with van der Waals surface area (Å²) in [6.45, 7) is 5.97. The first-order valence-electron chi connectivity index (χ1n) is 10.5. The molecule has 2 aliphatic rings. The van der Waals surface area contributed by atoms with Crippen molar-refractivity contribution in [2.45, 2.75) is 46.1 Å². The SMILES string of the molecule is CCc1c(C2=NN=C(C)Cc3cc4c(cc32)NC(CC)C(=O)O4)oc2ccc(Cl)cc12. The third-order valence-corrected chi connectivity index (χ3v) is 6.02. The summed E-state index contributed by atoms with van der Waals surface area (Å²) in [5, 5.41) is 14.0. The number of benzene rings is 2. The molecule has 2 aromatic carbocycles. The van der Waals surface area contributed by atoms with Crippen molar-refractivity contribution in [2.75, 3.05) is 5.32 Å². The maximum Gasteiger partial charge on any atom is 0.334 e. The second kappa shape index (κ2) is 7.54. The van der Waals surface area contributed by atoms with Crippen LogP contribution < -0.4 is 10.1 Å². The van der Waals surface area contributed by atoms with Crippen LogP contribution in [0.15, 0.2) is 45.0 Å². The molecule has 0 saturated heterocycles. The van der Waals surface area contributed by atoms with Gasteiger partial charge < -0.3 is 14.5 Å². The minimum absolute atomic E-state index is 0.259. The predicted molar refractivity (Wildman–Crippen MR) is 123 cm³/mol. The smallest absolute Gasteiger partial charge is 0.334 e. The van der Waals surface area contributed by atoms with Gasteiger partial charge in [-0.1, -0.05) is 25.4 Å². The van der Waals surface area contributed by atoms with E-state index in [0.29, 0.717) is 35.1 Å². The van der Waals surface area contributed by atoms with Crippen molar-refractivity contribution in [3.63, 3.8) is 0 Å². The van der Waals surface area contributed by atoms with Gasteiger partial charge in [0.05, 0.1) is 5.69 Å². The van der Waals surface area contributed by atoms with E-state index >= 15 is 0 Å². The van der Waals surface area contributed by atoms with Gasteiger partial charge in [-0.3, -0.25) is 0 Å². The van der Waals surface area contributed by atoms with Crippen LogP contribution in [0.3, 0.4) is 0 Å². The van der Waals surface area contributed by atoms with E-state index in [1.54, 1.807) is 0 Å². The van der Waals surface area contributed by atoms with Crippen LogP contribution in [0.5, 0.6) is 5.75 Å². The van der Waals surface area contributed by atoms with Crippen molar-refractivity contribution in [1.29, 1.82) is 0 Å². The molecule has 1 unspecified atom stereocenters. The van der Waals surface area contributed by atoms with E-state index in [4.69, 9.17) is 20.8 Å². The van der Waals surface area contributed by atoms with Crippen LogP contribution in [0.4, 0.5) is 5.69 Å². The number of furan rings is 1. The zero-order valence-corrected chi connectivity index (χ0v) is 18.3. The van der Waals surface area contributed by atoms with Crippen LogP contribution in [0.25, 0.3) is 11.0 Å². The molecule has 1 atom stereocenters. The van der Waals surface area contributed by atoms with Crippen LogP contribution >= 0.6 is 11.6 Å². The van der Waals surface area contributed by atoms with Gasteiger partial charge in [-0.15, -0.1) is 5.10 Å². The molecular weight excluding hydrogens is 414 g/mol. The molecule has 0 bridgehead atoms. The molecule has 0 spiro atoms. The molecule has 5 rings (SSSR count). The molecule has 0 saturated carbocycles. The zero-order valence-electron chi connectivity index (χ0n) is 17.6. The highest BCUT2D eigenvalue weighted by molar-refractivity contribution is 6.31. The van der Waals surface area contributed by atoms with Crippen molar-refractivity contribution in [3.05, 3.63) is 57.8 Å². The summed E-state index contributed by atoms with van der Waals surface area (Å²) < 4.78 is 11.9. The highest BCUT2D eigenvalue weighted by atomic mass is 35.5. The number of hydrogen-bond donors (Lipinski definition) is 1. The van der Waals surface area contributed by atoms with Crippen LogP contribution in [0, 0.1) is 0 Å². The topological polar surface area (TPSA) is 76.2 Å². The number of rotatable bonds is 3. The second-order valence-corrected chi connectivity index (χ2v) is 8.33. The first-order chi connectivity index (χ1) is 15.0. The fraction of sp³-hybridized carbons (Fsp3) is 0.292. The minimum atomic E-state index is -0.366. The number of carbonyl (C=O) groups is 1. The first kappa shape index (κ1) is 19.8. The molecule has 0 aliphatic carbocycles. The molecule has 6 nitrogen and oxygen atoms in total. The summed E-state index contributed by atoms with van der Waals surface area (Å²) in [6.07, 6.45) is 2.01. The number of carbonyl (C=O) groups excluding carboxylic acids is 1. The Morgan fingerprint density at radius 3 is 2.81 bits per heavy atom. The van der Waals surface area contributed by atoms with Crippen molar-refractivity contribution < 1.29 is 13.9 Å². The summed E-state index contributed by atoms with van der Waals surface area (Å²) in [5.74, 6) is 0.971. The molecule has 2 aliphatic heterocycles. The van der Waals surface area contributed by atoms with E-state index in [9.17, 15) is 4.79 Å². The van der Waals surface area contributed by atoms with E-state index in [1.165, 1.54) is 0 Å². The normalized spacial score (nSPS) is 17.8. The number of nitrogens with zero attached hydrogens (tertiary/aromatic N) is 2. The van der Waals surface area contributed by atoms with Gasteiger partial charge in [-0.2, -0.15) is 5.10 Å². The molecule has 31 heavy (non-hydrogen) atoms.